The minimum atomic E-state index is -4.60. The molecule has 2 aromatic rings. The fraction of sp³-hybridized carbons (Fsp3) is 0.364. The summed E-state index contributed by atoms with van der Waals surface area (Å²) in [5.74, 6) is -0.645. The first-order valence-electron chi connectivity index (χ1n) is 9.83. The number of carbonyl (C=O) groups excluding carboxylic acids is 2. The van der Waals surface area contributed by atoms with E-state index in [1.807, 2.05) is 0 Å². The zero-order valence-electron chi connectivity index (χ0n) is 16.9. The van der Waals surface area contributed by atoms with Gasteiger partial charge in [-0.15, -0.1) is 0 Å². The van der Waals surface area contributed by atoms with Crippen molar-refractivity contribution < 1.29 is 27.2 Å². The summed E-state index contributed by atoms with van der Waals surface area (Å²) in [6.07, 6.45) is -3.53. The summed E-state index contributed by atoms with van der Waals surface area (Å²) in [5, 5.41) is 5.12. The molecular weight excluding hydrogens is 414 g/mol. The summed E-state index contributed by atoms with van der Waals surface area (Å²) in [6.45, 7) is 2.33. The third-order valence-corrected chi connectivity index (χ3v) is 5.37. The van der Waals surface area contributed by atoms with Gasteiger partial charge in [0.25, 0.3) is 0 Å². The van der Waals surface area contributed by atoms with Gasteiger partial charge in [0.1, 0.15) is 5.82 Å². The number of carbonyl (C=O) groups is 2. The number of alkyl halides is 3. The third-order valence-electron chi connectivity index (χ3n) is 5.37. The molecular formula is C22H23F4N3O2. The Morgan fingerprint density at radius 2 is 1.77 bits per heavy atom. The normalized spacial score (nSPS) is 19.1. The Bertz CT molecular complexity index is 947. The number of piperidine rings is 1. The summed E-state index contributed by atoms with van der Waals surface area (Å²) >= 11 is 0. The van der Waals surface area contributed by atoms with Crippen molar-refractivity contribution in [2.75, 3.05) is 18.4 Å². The van der Waals surface area contributed by atoms with Crippen LogP contribution in [0, 0.1) is 11.2 Å². The van der Waals surface area contributed by atoms with E-state index in [1.165, 1.54) is 35.2 Å². The van der Waals surface area contributed by atoms with E-state index in [-0.39, 0.29) is 30.5 Å². The van der Waals surface area contributed by atoms with E-state index < -0.39 is 23.2 Å². The Morgan fingerprint density at radius 1 is 1.10 bits per heavy atom. The van der Waals surface area contributed by atoms with Gasteiger partial charge in [-0.1, -0.05) is 24.3 Å². The van der Waals surface area contributed by atoms with E-state index in [4.69, 9.17) is 0 Å². The largest absolute Gasteiger partial charge is 0.418 e. The van der Waals surface area contributed by atoms with Crippen LogP contribution >= 0.6 is 0 Å². The second-order valence-corrected chi connectivity index (χ2v) is 7.87. The second-order valence-electron chi connectivity index (χ2n) is 7.87. The van der Waals surface area contributed by atoms with Gasteiger partial charge in [-0.05, 0) is 49.6 Å². The van der Waals surface area contributed by atoms with Crippen LogP contribution in [0.2, 0.25) is 0 Å². The molecule has 5 nitrogen and oxygen atoms in total. The van der Waals surface area contributed by atoms with E-state index in [9.17, 15) is 27.2 Å². The number of nitrogens with zero attached hydrogens (tertiary/aromatic N) is 1. The predicted octanol–water partition coefficient (Wildman–Crippen LogP) is 4.79. The fourth-order valence-electron chi connectivity index (χ4n) is 3.63. The Hall–Kier alpha value is -3.10. The van der Waals surface area contributed by atoms with Crippen molar-refractivity contribution in [2.24, 2.45) is 5.41 Å². The van der Waals surface area contributed by atoms with Gasteiger partial charge in [-0.2, -0.15) is 13.2 Å². The number of nitrogens with one attached hydrogen (secondary N) is 2. The molecule has 0 spiro atoms. The quantitative estimate of drug-likeness (QED) is 0.676. The van der Waals surface area contributed by atoms with Crippen LogP contribution < -0.4 is 10.6 Å². The molecule has 3 amide bonds. The smallest absolute Gasteiger partial charge is 0.351 e. The van der Waals surface area contributed by atoms with Crippen molar-refractivity contribution in [1.82, 2.24) is 10.2 Å². The molecule has 0 saturated carbocycles. The fourth-order valence-corrected chi connectivity index (χ4v) is 3.63. The molecule has 9 heteroatoms. The highest BCUT2D eigenvalue weighted by molar-refractivity contribution is 5.91. The molecule has 1 aliphatic heterocycles. The molecule has 1 heterocycles. The Balaban J connectivity index is 1.64. The molecule has 3 rings (SSSR count). The number of hydrogen-bond acceptors (Lipinski definition) is 2. The van der Waals surface area contributed by atoms with E-state index in [2.05, 4.69) is 10.6 Å². The summed E-state index contributed by atoms with van der Waals surface area (Å²) in [5.41, 5.74) is -1.42. The molecule has 2 N–H and O–H groups in total. The molecule has 1 aliphatic rings. The van der Waals surface area contributed by atoms with Gasteiger partial charge in [-0.3, -0.25) is 4.79 Å². The van der Waals surface area contributed by atoms with Crippen molar-refractivity contribution in [3.05, 3.63) is 65.5 Å². The number of urea groups is 1. The number of para-hydroxylation sites is 1. The van der Waals surface area contributed by atoms with Crippen LogP contribution in [0.3, 0.4) is 0 Å². The minimum Gasteiger partial charge on any atom is -0.351 e. The van der Waals surface area contributed by atoms with Gasteiger partial charge in [0.2, 0.25) is 5.91 Å². The van der Waals surface area contributed by atoms with Crippen LogP contribution in [0.15, 0.2) is 48.5 Å². The van der Waals surface area contributed by atoms with Crippen molar-refractivity contribution >= 4 is 17.6 Å². The standard InChI is InChI=1S/C22H23F4N3O2/c1-21(19(30)27-13-15-7-9-16(23)10-8-15)11-4-12-29(14-21)20(31)28-18-6-3-2-5-17(18)22(24,25)26/h2-3,5-10H,4,11-14H2,1H3,(H,27,30)(H,28,31)/t21-/m0/s1. The predicted molar refractivity (Wildman–Crippen MR) is 108 cm³/mol. The van der Waals surface area contributed by atoms with Gasteiger partial charge in [0, 0.05) is 19.6 Å². The average molecular weight is 437 g/mol. The lowest BCUT2D eigenvalue weighted by Gasteiger charge is -2.39. The van der Waals surface area contributed by atoms with E-state index >= 15 is 0 Å². The van der Waals surface area contributed by atoms with Gasteiger partial charge in [0.05, 0.1) is 16.7 Å². The van der Waals surface area contributed by atoms with Gasteiger partial charge in [-0.25, -0.2) is 9.18 Å². The highest BCUT2D eigenvalue weighted by Gasteiger charge is 2.40. The highest BCUT2D eigenvalue weighted by atomic mass is 19.4. The molecule has 2 aromatic carbocycles. The van der Waals surface area contributed by atoms with Crippen LogP contribution in [0.5, 0.6) is 0 Å². The van der Waals surface area contributed by atoms with Crippen LogP contribution in [0.25, 0.3) is 0 Å². The topological polar surface area (TPSA) is 61.4 Å². The van der Waals surface area contributed by atoms with E-state index in [0.29, 0.717) is 19.4 Å². The molecule has 0 unspecified atom stereocenters. The molecule has 0 aromatic heterocycles. The molecule has 31 heavy (non-hydrogen) atoms. The molecule has 0 bridgehead atoms. The SMILES string of the molecule is C[C@]1(C(=O)NCc2ccc(F)cc2)CCCN(C(=O)Nc2ccccc2C(F)(F)F)C1. The zero-order chi connectivity index (χ0) is 22.6. The number of hydrogen-bond donors (Lipinski definition) is 2. The molecule has 1 atom stereocenters. The maximum absolute atomic E-state index is 13.2. The van der Waals surface area contributed by atoms with Gasteiger partial charge in [0.15, 0.2) is 0 Å². The Kier molecular flexibility index (Phi) is 6.52. The monoisotopic (exact) mass is 437 g/mol. The van der Waals surface area contributed by atoms with Gasteiger partial charge < -0.3 is 15.5 Å². The summed E-state index contributed by atoms with van der Waals surface area (Å²) in [4.78, 5) is 26.8. The molecule has 1 saturated heterocycles. The lowest BCUT2D eigenvalue weighted by atomic mass is 9.81. The number of halogens is 4. The van der Waals surface area contributed by atoms with Crippen LogP contribution in [0.1, 0.15) is 30.9 Å². The summed E-state index contributed by atoms with van der Waals surface area (Å²) < 4.78 is 52.5. The van der Waals surface area contributed by atoms with E-state index in [1.54, 1.807) is 19.1 Å². The lowest BCUT2D eigenvalue weighted by Crippen LogP contribution is -2.52. The van der Waals surface area contributed by atoms with Crippen molar-refractivity contribution in [3.8, 4) is 0 Å². The van der Waals surface area contributed by atoms with Crippen molar-refractivity contribution in [2.45, 2.75) is 32.5 Å². The average Bonchev–Trinajstić information content (AvgIpc) is 2.72. The molecule has 166 valence electrons. The number of benzene rings is 2. The van der Waals surface area contributed by atoms with Crippen LogP contribution in [-0.4, -0.2) is 29.9 Å². The van der Waals surface area contributed by atoms with Crippen LogP contribution in [0.4, 0.5) is 28.0 Å². The molecule has 1 fully saturated rings. The van der Waals surface area contributed by atoms with Gasteiger partial charge >= 0.3 is 12.2 Å². The Morgan fingerprint density at radius 3 is 2.45 bits per heavy atom. The van der Waals surface area contributed by atoms with E-state index in [0.717, 1.165) is 11.6 Å². The van der Waals surface area contributed by atoms with Crippen molar-refractivity contribution in [1.29, 1.82) is 0 Å². The van der Waals surface area contributed by atoms with Crippen molar-refractivity contribution in [3.63, 3.8) is 0 Å². The number of likely N-dealkylation sites (tertiary alicyclic amines) is 1. The minimum absolute atomic E-state index is 0.0717. The number of anilines is 1. The Labute approximate surface area is 177 Å². The summed E-state index contributed by atoms with van der Waals surface area (Å²) in [6, 6.07) is 9.80. The third kappa shape index (κ3) is 5.53. The number of amides is 3. The second kappa shape index (κ2) is 8.95. The zero-order valence-corrected chi connectivity index (χ0v) is 16.9. The highest BCUT2D eigenvalue weighted by Crippen LogP contribution is 2.35. The van der Waals surface area contributed by atoms with Crippen LogP contribution in [-0.2, 0) is 17.5 Å². The first-order chi connectivity index (χ1) is 14.6. The maximum Gasteiger partial charge on any atom is 0.418 e. The first-order valence-corrected chi connectivity index (χ1v) is 9.83. The maximum atomic E-state index is 13.2. The lowest BCUT2D eigenvalue weighted by molar-refractivity contribution is -0.137. The molecule has 0 radical (unpaired) electrons. The summed E-state index contributed by atoms with van der Waals surface area (Å²) in [7, 11) is 0. The molecule has 0 aliphatic carbocycles. The first kappa shape index (κ1) is 22.6. The number of rotatable bonds is 4.